The minimum Gasteiger partial charge on any atom is -0.481 e. The van der Waals surface area contributed by atoms with Crippen molar-refractivity contribution in [2.75, 3.05) is 0 Å². The Morgan fingerprint density at radius 3 is 2.25 bits per heavy atom. The number of carbonyl (C=O) groups is 1. The molecular formula is C4H8BrNO5S. The first kappa shape index (κ1) is 11.8. The number of aliphatic carboxylic acids is 1. The first-order valence-corrected chi connectivity index (χ1v) is 5.07. The molecule has 1 atom stereocenters. The molecule has 0 saturated carbocycles. The number of hydrogen-bond acceptors (Lipinski definition) is 4. The summed E-state index contributed by atoms with van der Waals surface area (Å²) in [5.41, 5.74) is 5.06. The average Bonchev–Trinajstić information content (AvgIpc) is 1.81. The topological polar surface area (TPSA) is 118 Å². The van der Waals surface area contributed by atoms with Crippen LogP contribution in [0.25, 0.3) is 0 Å². The first-order valence-electron chi connectivity index (χ1n) is 2.83. The fraction of sp³-hybridized carbons (Fsp3) is 0.750. The number of alkyl halides is 1. The summed E-state index contributed by atoms with van der Waals surface area (Å²) in [4.78, 5) is 10.0. The zero-order valence-corrected chi connectivity index (χ0v) is 8.30. The summed E-state index contributed by atoms with van der Waals surface area (Å²) in [6, 6.07) is 0. The monoisotopic (exact) mass is 261 g/mol. The largest absolute Gasteiger partial charge is 0.481 e. The molecule has 0 bridgehead atoms. The minimum atomic E-state index is -4.47. The average molecular weight is 262 g/mol. The predicted molar refractivity (Wildman–Crippen MR) is 44.3 cm³/mol. The Bertz CT molecular complexity index is 271. The van der Waals surface area contributed by atoms with E-state index in [1.54, 1.807) is 0 Å². The molecule has 8 heteroatoms. The van der Waals surface area contributed by atoms with E-state index in [9.17, 15) is 13.2 Å². The van der Waals surface area contributed by atoms with Crippen LogP contribution in [0.3, 0.4) is 0 Å². The zero-order chi connectivity index (χ0) is 9.99. The molecular weight excluding hydrogens is 254 g/mol. The molecule has 0 spiro atoms. The lowest BCUT2D eigenvalue weighted by Crippen LogP contribution is -2.41. The van der Waals surface area contributed by atoms with E-state index in [0.717, 1.165) is 0 Å². The second-order valence-electron chi connectivity index (χ2n) is 2.16. The molecule has 4 N–H and O–H groups in total. The summed E-state index contributed by atoms with van der Waals surface area (Å²) in [6.45, 7) is 0. The Kier molecular flexibility index (Phi) is 3.63. The lowest BCUT2D eigenvalue weighted by atomic mass is 10.3. The summed E-state index contributed by atoms with van der Waals surface area (Å²) in [5, 5.41) is 8.19. The van der Waals surface area contributed by atoms with Crippen LogP contribution in [0.1, 0.15) is 12.8 Å². The van der Waals surface area contributed by atoms with Crippen LogP contribution in [0.2, 0.25) is 0 Å². The maximum Gasteiger partial charge on any atom is 0.303 e. The lowest BCUT2D eigenvalue weighted by Gasteiger charge is -2.16. The van der Waals surface area contributed by atoms with E-state index < -0.39 is 32.7 Å². The Balaban J connectivity index is 4.35. The van der Waals surface area contributed by atoms with E-state index in [1.807, 2.05) is 0 Å². The van der Waals surface area contributed by atoms with Crippen molar-refractivity contribution in [1.82, 2.24) is 0 Å². The van der Waals surface area contributed by atoms with Crippen LogP contribution in [-0.4, -0.2) is 27.8 Å². The van der Waals surface area contributed by atoms with Gasteiger partial charge in [0.2, 0.25) is 0 Å². The molecule has 0 aliphatic carbocycles. The highest BCUT2D eigenvalue weighted by atomic mass is 79.9. The third-order valence-corrected chi connectivity index (χ3v) is 3.79. The van der Waals surface area contributed by atoms with E-state index in [1.165, 1.54) is 0 Å². The quantitative estimate of drug-likeness (QED) is 0.365. The second-order valence-corrected chi connectivity index (χ2v) is 5.77. The van der Waals surface area contributed by atoms with Gasteiger partial charge in [0.25, 0.3) is 10.1 Å². The van der Waals surface area contributed by atoms with Crippen LogP contribution in [0.4, 0.5) is 0 Å². The summed E-state index contributed by atoms with van der Waals surface area (Å²) in [5.74, 6) is -1.19. The van der Waals surface area contributed by atoms with Gasteiger partial charge in [-0.3, -0.25) is 9.35 Å². The van der Waals surface area contributed by atoms with E-state index in [4.69, 9.17) is 15.4 Å². The number of halogens is 1. The molecule has 0 heterocycles. The summed E-state index contributed by atoms with van der Waals surface area (Å²) in [6.07, 6.45) is -0.845. The van der Waals surface area contributed by atoms with Crippen LogP contribution >= 0.6 is 15.9 Å². The molecule has 1 unspecified atom stereocenters. The van der Waals surface area contributed by atoms with E-state index in [-0.39, 0.29) is 0 Å². The SMILES string of the molecule is NC(Br)(CCC(=O)O)S(=O)(=O)O. The van der Waals surface area contributed by atoms with Crippen molar-refractivity contribution in [3.63, 3.8) is 0 Å². The summed E-state index contributed by atoms with van der Waals surface area (Å²) >= 11 is 2.51. The van der Waals surface area contributed by atoms with Crippen molar-refractivity contribution in [1.29, 1.82) is 0 Å². The van der Waals surface area contributed by atoms with Gasteiger partial charge in [-0.25, -0.2) is 0 Å². The van der Waals surface area contributed by atoms with Gasteiger partial charge in [-0.15, -0.1) is 0 Å². The second kappa shape index (κ2) is 3.69. The van der Waals surface area contributed by atoms with E-state index >= 15 is 0 Å². The molecule has 0 aromatic heterocycles. The van der Waals surface area contributed by atoms with Crippen LogP contribution in [-0.2, 0) is 14.9 Å². The van der Waals surface area contributed by atoms with Crippen LogP contribution in [0.15, 0.2) is 0 Å². The molecule has 0 aliphatic heterocycles. The van der Waals surface area contributed by atoms with Gasteiger partial charge in [0, 0.05) is 12.8 Å². The highest BCUT2D eigenvalue weighted by Crippen LogP contribution is 2.23. The summed E-state index contributed by atoms with van der Waals surface area (Å²) in [7, 11) is -4.47. The molecule has 0 aliphatic rings. The first-order chi connectivity index (χ1) is 5.17. The molecule has 0 amide bonds. The number of nitrogens with two attached hydrogens (primary N) is 1. The standard InChI is InChI=1S/C4H8BrNO5S/c5-4(6,12(9,10)11)2-1-3(7)8/h1-2,6H2,(H,7,8)(H,9,10,11). The normalized spacial score (nSPS) is 16.9. The minimum absolute atomic E-state index is 0.402. The highest BCUT2D eigenvalue weighted by Gasteiger charge is 2.35. The van der Waals surface area contributed by atoms with Gasteiger partial charge in [-0.2, -0.15) is 8.42 Å². The Hall–Kier alpha value is -0.180. The smallest absolute Gasteiger partial charge is 0.303 e. The third kappa shape index (κ3) is 3.48. The maximum absolute atomic E-state index is 10.5. The predicted octanol–water partition coefficient (Wildman–Crippen LogP) is -0.254. The van der Waals surface area contributed by atoms with Gasteiger partial charge >= 0.3 is 5.97 Å². The van der Waals surface area contributed by atoms with Gasteiger partial charge in [-0.05, 0) is 15.9 Å². The zero-order valence-electron chi connectivity index (χ0n) is 5.90. The molecule has 0 fully saturated rings. The van der Waals surface area contributed by atoms with Gasteiger partial charge in [0.15, 0.2) is 3.78 Å². The molecule has 0 radical (unpaired) electrons. The van der Waals surface area contributed by atoms with Gasteiger partial charge in [0.1, 0.15) is 0 Å². The number of hydrogen-bond donors (Lipinski definition) is 3. The molecule has 0 rings (SSSR count). The van der Waals surface area contributed by atoms with E-state index in [2.05, 4.69) is 15.9 Å². The maximum atomic E-state index is 10.5. The van der Waals surface area contributed by atoms with Crippen molar-refractivity contribution < 1.29 is 22.9 Å². The Morgan fingerprint density at radius 1 is 1.58 bits per heavy atom. The van der Waals surface area contributed by atoms with Crippen molar-refractivity contribution >= 4 is 32.0 Å². The molecule has 0 aromatic rings. The van der Waals surface area contributed by atoms with Crippen LogP contribution in [0.5, 0.6) is 0 Å². The molecule has 6 nitrogen and oxygen atoms in total. The lowest BCUT2D eigenvalue weighted by molar-refractivity contribution is -0.137. The van der Waals surface area contributed by atoms with Crippen molar-refractivity contribution in [2.24, 2.45) is 5.73 Å². The molecule has 0 aromatic carbocycles. The highest BCUT2D eigenvalue weighted by molar-refractivity contribution is 9.11. The van der Waals surface area contributed by atoms with Crippen LogP contribution in [0, 0.1) is 0 Å². The number of carboxylic acids is 1. The number of carboxylic acid groups (broad SMARTS) is 1. The summed E-state index contributed by atoms with van der Waals surface area (Å²) < 4.78 is 27.3. The van der Waals surface area contributed by atoms with Crippen molar-refractivity contribution in [3.05, 3.63) is 0 Å². The van der Waals surface area contributed by atoms with Crippen LogP contribution < -0.4 is 5.73 Å². The van der Waals surface area contributed by atoms with Crippen molar-refractivity contribution in [2.45, 2.75) is 16.6 Å². The third-order valence-electron chi connectivity index (χ3n) is 1.11. The molecule has 12 heavy (non-hydrogen) atoms. The van der Waals surface area contributed by atoms with Crippen molar-refractivity contribution in [3.8, 4) is 0 Å². The van der Waals surface area contributed by atoms with E-state index in [0.29, 0.717) is 0 Å². The van der Waals surface area contributed by atoms with Gasteiger partial charge in [-0.1, -0.05) is 0 Å². The fourth-order valence-electron chi connectivity index (χ4n) is 0.406. The molecule has 72 valence electrons. The van der Waals surface area contributed by atoms with Gasteiger partial charge in [0.05, 0.1) is 0 Å². The Labute approximate surface area is 77.6 Å². The fourth-order valence-corrected chi connectivity index (χ4v) is 0.965. The Morgan fingerprint density at radius 2 is 2.00 bits per heavy atom. The number of rotatable bonds is 4. The van der Waals surface area contributed by atoms with Gasteiger partial charge < -0.3 is 10.8 Å². The molecule has 0 saturated heterocycles.